The highest BCUT2D eigenvalue weighted by molar-refractivity contribution is 6.30. The van der Waals surface area contributed by atoms with Gasteiger partial charge in [0.15, 0.2) is 11.6 Å². The van der Waals surface area contributed by atoms with E-state index < -0.39 is 0 Å². The second-order valence-corrected chi connectivity index (χ2v) is 6.29. The van der Waals surface area contributed by atoms with Gasteiger partial charge in [-0.15, -0.1) is 10.2 Å². The van der Waals surface area contributed by atoms with Crippen LogP contribution in [0.4, 0.5) is 0 Å². The molecule has 0 radical (unpaired) electrons. The monoisotopic (exact) mass is 376 g/mol. The number of hydrogen-bond donors (Lipinski definition) is 0. The first-order valence-electron chi connectivity index (χ1n) is 8.61. The van der Waals surface area contributed by atoms with Crippen LogP contribution in [0.25, 0.3) is 28.5 Å². The van der Waals surface area contributed by atoms with E-state index >= 15 is 0 Å². The Balaban J connectivity index is 1.87. The highest BCUT2D eigenvalue weighted by Gasteiger charge is 2.17. The molecule has 4 aromatic rings. The first-order chi connectivity index (χ1) is 13.3. The van der Waals surface area contributed by atoms with Crippen molar-refractivity contribution in [2.75, 3.05) is 6.61 Å². The minimum absolute atomic E-state index is 0.631. The summed E-state index contributed by atoms with van der Waals surface area (Å²) in [5.41, 5.74) is 2.81. The number of halogens is 1. The third kappa shape index (κ3) is 3.55. The molecule has 0 bridgehead atoms. The van der Waals surface area contributed by atoms with E-state index in [4.69, 9.17) is 16.3 Å². The number of nitrogens with zero attached hydrogens (tertiary/aromatic N) is 4. The van der Waals surface area contributed by atoms with Gasteiger partial charge in [-0.2, -0.15) is 0 Å². The van der Waals surface area contributed by atoms with Gasteiger partial charge in [0, 0.05) is 34.2 Å². The number of rotatable bonds is 5. The second-order valence-electron chi connectivity index (χ2n) is 5.85. The fourth-order valence-electron chi connectivity index (χ4n) is 2.86. The molecule has 27 heavy (non-hydrogen) atoms. The summed E-state index contributed by atoms with van der Waals surface area (Å²) < 4.78 is 7.55. The molecule has 0 atom stereocenters. The molecular weight excluding hydrogens is 360 g/mol. The van der Waals surface area contributed by atoms with Gasteiger partial charge in [-0.1, -0.05) is 11.6 Å². The molecule has 0 amide bonds. The molecule has 0 saturated carbocycles. The maximum absolute atomic E-state index is 6.07. The fourth-order valence-corrected chi connectivity index (χ4v) is 2.99. The summed E-state index contributed by atoms with van der Waals surface area (Å²) in [6.07, 6.45) is 3.49. The topological polar surface area (TPSA) is 52.8 Å². The highest BCUT2D eigenvalue weighted by Crippen LogP contribution is 2.29. The Morgan fingerprint density at radius 1 is 0.815 bits per heavy atom. The first kappa shape index (κ1) is 17.2. The quantitative estimate of drug-likeness (QED) is 0.489. The van der Waals surface area contributed by atoms with E-state index in [9.17, 15) is 0 Å². The normalized spacial score (nSPS) is 10.7. The predicted molar refractivity (Wildman–Crippen MR) is 106 cm³/mol. The van der Waals surface area contributed by atoms with Crippen molar-refractivity contribution in [1.29, 1.82) is 0 Å². The van der Waals surface area contributed by atoms with Gasteiger partial charge >= 0.3 is 0 Å². The number of benzene rings is 2. The molecule has 0 aliphatic carbocycles. The Bertz CT molecular complexity index is 1030. The molecule has 4 rings (SSSR count). The van der Waals surface area contributed by atoms with Gasteiger partial charge in [0.2, 0.25) is 0 Å². The average Bonchev–Trinajstić information content (AvgIpc) is 3.15. The van der Waals surface area contributed by atoms with Crippen LogP contribution in [0, 0.1) is 0 Å². The molecule has 134 valence electrons. The van der Waals surface area contributed by atoms with E-state index in [1.807, 2.05) is 72.2 Å². The summed E-state index contributed by atoms with van der Waals surface area (Å²) in [5.74, 6) is 2.31. The maximum Gasteiger partial charge on any atom is 0.168 e. The number of aromatic nitrogens is 4. The molecule has 2 heterocycles. The van der Waals surface area contributed by atoms with E-state index in [0.29, 0.717) is 11.6 Å². The zero-order valence-corrected chi connectivity index (χ0v) is 15.5. The summed E-state index contributed by atoms with van der Waals surface area (Å²) in [6, 6.07) is 19.3. The van der Waals surface area contributed by atoms with Crippen LogP contribution in [0.1, 0.15) is 6.92 Å². The van der Waals surface area contributed by atoms with E-state index in [2.05, 4.69) is 15.2 Å². The number of hydrogen-bond acceptors (Lipinski definition) is 4. The van der Waals surface area contributed by atoms with Gasteiger partial charge in [0.1, 0.15) is 5.75 Å². The van der Waals surface area contributed by atoms with E-state index in [1.54, 1.807) is 12.4 Å². The predicted octanol–water partition coefficient (Wildman–Crippen LogP) is 5.05. The summed E-state index contributed by atoms with van der Waals surface area (Å²) in [6.45, 7) is 2.60. The molecule has 0 N–H and O–H groups in total. The van der Waals surface area contributed by atoms with Gasteiger partial charge in [-0.05, 0) is 67.6 Å². The Labute approximate surface area is 162 Å². The van der Waals surface area contributed by atoms with Gasteiger partial charge < -0.3 is 4.74 Å². The van der Waals surface area contributed by atoms with Crippen LogP contribution in [0.3, 0.4) is 0 Å². The van der Waals surface area contributed by atoms with Crippen molar-refractivity contribution in [3.63, 3.8) is 0 Å². The largest absolute Gasteiger partial charge is 0.494 e. The fraction of sp³-hybridized carbons (Fsp3) is 0.0952. The molecule has 0 saturated heterocycles. The lowest BCUT2D eigenvalue weighted by molar-refractivity contribution is 0.340. The summed E-state index contributed by atoms with van der Waals surface area (Å²) in [7, 11) is 0. The molecule has 0 aliphatic rings. The SMILES string of the molecule is CCOc1ccc(-c2nnc(-c3ccncc3)n2-c2ccc(Cl)cc2)cc1. The zero-order chi connectivity index (χ0) is 18.6. The zero-order valence-electron chi connectivity index (χ0n) is 14.7. The van der Waals surface area contributed by atoms with Crippen molar-refractivity contribution >= 4 is 11.6 Å². The van der Waals surface area contributed by atoms with Crippen LogP contribution in [0.5, 0.6) is 5.75 Å². The Hall–Kier alpha value is -3.18. The van der Waals surface area contributed by atoms with Gasteiger partial charge in [0.05, 0.1) is 6.61 Å². The van der Waals surface area contributed by atoms with E-state index in [-0.39, 0.29) is 0 Å². The van der Waals surface area contributed by atoms with Crippen LogP contribution in [0.15, 0.2) is 73.1 Å². The molecular formula is C21H17ClN4O. The third-order valence-electron chi connectivity index (χ3n) is 4.11. The molecule has 6 heteroatoms. The highest BCUT2D eigenvalue weighted by atomic mass is 35.5. The molecule has 0 fully saturated rings. The van der Waals surface area contributed by atoms with Crippen molar-refractivity contribution in [3.8, 4) is 34.2 Å². The van der Waals surface area contributed by atoms with Gasteiger partial charge in [-0.3, -0.25) is 9.55 Å². The van der Waals surface area contributed by atoms with E-state index in [1.165, 1.54) is 0 Å². The third-order valence-corrected chi connectivity index (χ3v) is 4.36. The van der Waals surface area contributed by atoms with Crippen molar-refractivity contribution in [2.24, 2.45) is 0 Å². The molecule has 5 nitrogen and oxygen atoms in total. The van der Waals surface area contributed by atoms with Crippen LogP contribution >= 0.6 is 11.6 Å². The smallest absolute Gasteiger partial charge is 0.168 e. The van der Waals surface area contributed by atoms with Crippen LogP contribution in [-0.2, 0) is 0 Å². The van der Waals surface area contributed by atoms with Gasteiger partial charge in [0.25, 0.3) is 0 Å². The minimum atomic E-state index is 0.631. The molecule has 0 aliphatic heterocycles. The molecule has 2 aromatic heterocycles. The van der Waals surface area contributed by atoms with Crippen LogP contribution < -0.4 is 4.74 Å². The Kier molecular flexibility index (Phi) is 4.85. The lowest BCUT2D eigenvalue weighted by Gasteiger charge is -2.11. The Morgan fingerprint density at radius 3 is 2.00 bits per heavy atom. The molecule has 0 spiro atoms. The van der Waals surface area contributed by atoms with E-state index in [0.717, 1.165) is 34.2 Å². The maximum atomic E-state index is 6.07. The van der Waals surface area contributed by atoms with Crippen molar-refractivity contribution in [2.45, 2.75) is 6.92 Å². The number of pyridine rings is 1. The van der Waals surface area contributed by atoms with Gasteiger partial charge in [-0.25, -0.2) is 0 Å². The minimum Gasteiger partial charge on any atom is -0.494 e. The lowest BCUT2D eigenvalue weighted by atomic mass is 10.2. The van der Waals surface area contributed by atoms with Crippen molar-refractivity contribution in [3.05, 3.63) is 78.1 Å². The number of ether oxygens (including phenoxy) is 1. The first-order valence-corrected chi connectivity index (χ1v) is 8.99. The van der Waals surface area contributed by atoms with Crippen LogP contribution in [-0.4, -0.2) is 26.4 Å². The average molecular weight is 377 g/mol. The summed E-state index contributed by atoms with van der Waals surface area (Å²) in [4.78, 5) is 4.09. The molecule has 2 aromatic carbocycles. The second kappa shape index (κ2) is 7.60. The Morgan fingerprint density at radius 2 is 1.41 bits per heavy atom. The van der Waals surface area contributed by atoms with Crippen LogP contribution in [0.2, 0.25) is 5.02 Å². The summed E-state index contributed by atoms with van der Waals surface area (Å²) >= 11 is 6.07. The lowest BCUT2D eigenvalue weighted by Crippen LogP contribution is -2.00. The molecule has 0 unspecified atom stereocenters. The standard InChI is InChI=1S/C21H17ClN4O/c1-2-27-19-9-3-15(4-10-19)20-24-25-21(16-11-13-23-14-12-16)26(20)18-7-5-17(22)6-8-18/h3-14H,2H2,1H3. The van der Waals surface area contributed by atoms with Crippen molar-refractivity contribution in [1.82, 2.24) is 19.7 Å². The summed E-state index contributed by atoms with van der Waals surface area (Å²) in [5, 5.41) is 9.58. The van der Waals surface area contributed by atoms with Crippen molar-refractivity contribution < 1.29 is 4.74 Å².